The molecule has 0 bridgehead atoms. The molecule has 0 amide bonds. The molecule has 0 saturated heterocycles. The van der Waals surface area contributed by atoms with E-state index in [-0.39, 0.29) is 0 Å². The van der Waals surface area contributed by atoms with E-state index in [1.807, 2.05) is 18.2 Å². The summed E-state index contributed by atoms with van der Waals surface area (Å²) < 4.78 is 1.08. The minimum absolute atomic E-state index is 0.569. The molecule has 0 unspecified atom stereocenters. The van der Waals surface area contributed by atoms with E-state index in [2.05, 4.69) is 27.9 Å². The molecule has 2 aromatic carbocycles. The Morgan fingerprint density at radius 3 is 2.53 bits per heavy atom. The Bertz CT molecular complexity index is 538. The first-order chi connectivity index (χ1) is 8.08. The number of benzene rings is 2. The molecule has 0 aliphatic carbocycles. The quantitative estimate of drug-likeness (QED) is 0.574. The molecule has 0 aliphatic heterocycles. The molecular weight excluding hydrogens is 370 g/mol. The highest BCUT2D eigenvalue weighted by Crippen LogP contribution is 2.34. The van der Waals surface area contributed by atoms with Crippen molar-refractivity contribution in [2.24, 2.45) is 0 Å². The van der Waals surface area contributed by atoms with Gasteiger partial charge in [0.1, 0.15) is 0 Å². The van der Waals surface area contributed by atoms with Crippen molar-refractivity contribution < 1.29 is 0 Å². The van der Waals surface area contributed by atoms with Crippen LogP contribution in [0.5, 0.6) is 0 Å². The van der Waals surface area contributed by atoms with E-state index < -0.39 is 0 Å². The molecule has 0 radical (unpaired) electrons. The lowest BCUT2D eigenvalue weighted by molar-refractivity contribution is 1.53. The Balaban J connectivity index is 2.41. The Morgan fingerprint density at radius 1 is 1.06 bits per heavy atom. The Labute approximate surface area is 123 Å². The van der Waals surface area contributed by atoms with Gasteiger partial charge in [-0.25, -0.2) is 0 Å². The summed E-state index contributed by atoms with van der Waals surface area (Å²) in [5.41, 5.74) is 7.92. The summed E-state index contributed by atoms with van der Waals surface area (Å²) >= 11 is 14.4. The Morgan fingerprint density at radius 2 is 1.82 bits per heavy atom. The van der Waals surface area contributed by atoms with Crippen molar-refractivity contribution in [1.29, 1.82) is 0 Å². The molecule has 2 nitrogen and oxygen atoms in total. The molecule has 0 fully saturated rings. The number of nitrogen functional groups attached to an aromatic ring is 1. The number of rotatable bonds is 2. The van der Waals surface area contributed by atoms with Gasteiger partial charge in [0.05, 0.1) is 27.1 Å². The van der Waals surface area contributed by atoms with E-state index >= 15 is 0 Å². The Kier molecular flexibility index (Phi) is 4.01. The van der Waals surface area contributed by atoms with Crippen LogP contribution in [-0.2, 0) is 0 Å². The molecule has 17 heavy (non-hydrogen) atoms. The molecule has 3 N–H and O–H groups in total. The van der Waals surface area contributed by atoms with E-state index in [0.717, 1.165) is 9.26 Å². The second kappa shape index (κ2) is 5.33. The predicted molar refractivity (Wildman–Crippen MR) is 83.3 cm³/mol. The SMILES string of the molecule is Nc1cccc(Cl)c1Nc1cc(I)ccc1Cl. The summed E-state index contributed by atoms with van der Waals surface area (Å²) in [4.78, 5) is 0. The average molecular weight is 379 g/mol. The first-order valence-corrected chi connectivity index (χ1v) is 6.67. The second-order valence-electron chi connectivity index (χ2n) is 3.45. The van der Waals surface area contributed by atoms with Gasteiger partial charge in [-0.1, -0.05) is 29.3 Å². The lowest BCUT2D eigenvalue weighted by Gasteiger charge is -2.12. The lowest BCUT2D eigenvalue weighted by Crippen LogP contribution is -1.97. The van der Waals surface area contributed by atoms with Crippen molar-refractivity contribution in [2.75, 3.05) is 11.1 Å². The monoisotopic (exact) mass is 378 g/mol. The van der Waals surface area contributed by atoms with Gasteiger partial charge in [0.15, 0.2) is 0 Å². The highest BCUT2D eigenvalue weighted by molar-refractivity contribution is 14.1. The second-order valence-corrected chi connectivity index (χ2v) is 5.51. The first kappa shape index (κ1) is 12.8. The van der Waals surface area contributed by atoms with Crippen molar-refractivity contribution in [1.82, 2.24) is 0 Å². The van der Waals surface area contributed by atoms with Gasteiger partial charge in [-0.2, -0.15) is 0 Å². The van der Waals surface area contributed by atoms with Gasteiger partial charge < -0.3 is 11.1 Å². The van der Waals surface area contributed by atoms with Crippen molar-refractivity contribution >= 4 is 62.9 Å². The number of nitrogens with two attached hydrogens (primary N) is 1. The van der Waals surface area contributed by atoms with Gasteiger partial charge in [0.2, 0.25) is 0 Å². The maximum absolute atomic E-state index is 6.10. The van der Waals surface area contributed by atoms with Gasteiger partial charge in [-0.05, 0) is 52.9 Å². The molecule has 88 valence electrons. The van der Waals surface area contributed by atoms with Crippen LogP contribution in [0, 0.1) is 3.57 Å². The molecule has 0 saturated carbocycles. The number of hydrogen-bond acceptors (Lipinski definition) is 2. The molecule has 2 aromatic rings. The average Bonchev–Trinajstić information content (AvgIpc) is 2.28. The van der Waals surface area contributed by atoms with Crippen LogP contribution in [0.3, 0.4) is 0 Å². The highest BCUT2D eigenvalue weighted by atomic mass is 127. The van der Waals surface area contributed by atoms with Crippen LogP contribution in [-0.4, -0.2) is 0 Å². The van der Waals surface area contributed by atoms with Crippen LogP contribution in [0.1, 0.15) is 0 Å². The predicted octanol–water partition coefficient (Wildman–Crippen LogP) is 4.92. The zero-order valence-electron chi connectivity index (χ0n) is 8.68. The van der Waals surface area contributed by atoms with Crippen molar-refractivity contribution in [3.8, 4) is 0 Å². The van der Waals surface area contributed by atoms with Crippen LogP contribution in [0.15, 0.2) is 36.4 Å². The van der Waals surface area contributed by atoms with E-state index in [0.29, 0.717) is 21.4 Å². The Hall–Kier alpha value is -0.650. The van der Waals surface area contributed by atoms with Gasteiger partial charge in [-0.15, -0.1) is 0 Å². The van der Waals surface area contributed by atoms with E-state index in [9.17, 15) is 0 Å². The minimum atomic E-state index is 0.569. The first-order valence-electron chi connectivity index (χ1n) is 4.84. The summed E-state index contributed by atoms with van der Waals surface area (Å²) in [6.07, 6.45) is 0. The zero-order valence-corrected chi connectivity index (χ0v) is 12.3. The van der Waals surface area contributed by atoms with Crippen LogP contribution >= 0.6 is 45.8 Å². The van der Waals surface area contributed by atoms with Gasteiger partial charge in [-0.3, -0.25) is 0 Å². The van der Waals surface area contributed by atoms with Crippen LogP contribution < -0.4 is 11.1 Å². The number of nitrogens with one attached hydrogen (secondary N) is 1. The molecular formula is C12H9Cl2IN2. The highest BCUT2D eigenvalue weighted by Gasteiger charge is 2.07. The molecule has 0 heterocycles. The van der Waals surface area contributed by atoms with E-state index in [1.165, 1.54) is 0 Å². The van der Waals surface area contributed by atoms with Crippen LogP contribution in [0.4, 0.5) is 17.1 Å². The summed E-state index contributed by atoms with van der Waals surface area (Å²) in [6.45, 7) is 0. The maximum atomic E-state index is 6.10. The number of hydrogen-bond donors (Lipinski definition) is 2. The summed E-state index contributed by atoms with van der Waals surface area (Å²) in [7, 11) is 0. The smallest absolute Gasteiger partial charge is 0.0807 e. The van der Waals surface area contributed by atoms with Gasteiger partial charge >= 0.3 is 0 Å². The standard InChI is InChI=1S/C12H9Cl2IN2/c13-8-5-4-7(15)6-11(8)17-12-9(14)2-1-3-10(12)16/h1-6,17H,16H2. The topological polar surface area (TPSA) is 38.0 Å². The van der Waals surface area contributed by atoms with Gasteiger partial charge in [0.25, 0.3) is 0 Å². The van der Waals surface area contributed by atoms with Gasteiger partial charge in [0, 0.05) is 3.57 Å². The molecule has 0 aliphatic rings. The van der Waals surface area contributed by atoms with Crippen molar-refractivity contribution in [2.45, 2.75) is 0 Å². The fraction of sp³-hybridized carbons (Fsp3) is 0. The number of anilines is 3. The molecule has 0 aromatic heterocycles. The lowest BCUT2D eigenvalue weighted by atomic mass is 10.2. The minimum Gasteiger partial charge on any atom is -0.397 e. The van der Waals surface area contributed by atoms with Crippen LogP contribution in [0.25, 0.3) is 0 Å². The molecule has 2 rings (SSSR count). The third-order valence-electron chi connectivity index (χ3n) is 2.23. The fourth-order valence-electron chi connectivity index (χ4n) is 1.40. The third-order valence-corrected chi connectivity index (χ3v) is 3.55. The molecule has 0 atom stereocenters. The summed E-state index contributed by atoms with van der Waals surface area (Å²) in [6, 6.07) is 11.1. The van der Waals surface area contributed by atoms with Crippen molar-refractivity contribution in [3.05, 3.63) is 50.0 Å². The third kappa shape index (κ3) is 2.97. The molecule has 0 spiro atoms. The summed E-state index contributed by atoms with van der Waals surface area (Å²) in [5.74, 6) is 0. The fourth-order valence-corrected chi connectivity index (χ4v) is 2.29. The van der Waals surface area contributed by atoms with E-state index in [4.69, 9.17) is 28.9 Å². The zero-order chi connectivity index (χ0) is 12.4. The number of para-hydroxylation sites is 1. The van der Waals surface area contributed by atoms with E-state index in [1.54, 1.807) is 18.2 Å². The molecule has 5 heteroatoms. The normalized spacial score (nSPS) is 10.3. The largest absolute Gasteiger partial charge is 0.397 e. The maximum Gasteiger partial charge on any atom is 0.0807 e. The van der Waals surface area contributed by atoms with Crippen molar-refractivity contribution in [3.63, 3.8) is 0 Å². The van der Waals surface area contributed by atoms with Crippen LogP contribution in [0.2, 0.25) is 10.0 Å². The summed E-state index contributed by atoms with van der Waals surface area (Å²) in [5, 5.41) is 4.35. The number of halogens is 3.